The van der Waals surface area contributed by atoms with E-state index in [1.165, 1.54) is 24.0 Å². The first kappa shape index (κ1) is 12.8. The Labute approximate surface area is 99.1 Å². The molecular weight excluding hydrogens is 196 g/mol. The van der Waals surface area contributed by atoms with E-state index in [4.69, 9.17) is 4.74 Å². The van der Waals surface area contributed by atoms with E-state index >= 15 is 0 Å². The highest BCUT2D eigenvalue weighted by atomic mass is 16.5. The van der Waals surface area contributed by atoms with Gasteiger partial charge >= 0.3 is 0 Å². The van der Waals surface area contributed by atoms with Crippen molar-refractivity contribution >= 4 is 0 Å². The minimum absolute atomic E-state index is 0.773. The van der Waals surface area contributed by atoms with E-state index in [-0.39, 0.29) is 0 Å². The Morgan fingerprint density at radius 2 is 2.19 bits per heavy atom. The SMILES string of the molecule is CCCC=C(C)CCOc1cccc(C)c1. The molecule has 0 bridgehead atoms. The second-order valence-electron chi connectivity index (χ2n) is 4.25. The van der Waals surface area contributed by atoms with Crippen LogP contribution < -0.4 is 4.74 Å². The molecule has 0 unspecified atom stereocenters. The molecule has 1 aromatic carbocycles. The molecule has 0 fully saturated rings. The molecule has 1 aromatic rings. The molecule has 1 rings (SSSR count). The van der Waals surface area contributed by atoms with Crippen LogP contribution in [0.2, 0.25) is 0 Å². The predicted molar refractivity (Wildman–Crippen MR) is 70.0 cm³/mol. The van der Waals surface area contributed by atoms with Gasteiger partial charge < -0.3 is 4.74 Å². The first-order valence-corrected chi connectivity index (χ1v) is 6.07. The minimum atomic E-state index is 0.773. The van der Waals surface area contributed by atoms with Gasteiger partial charge in [0.15, 0.2) is 0 Å². The van der Waals surface area contributed by atoms with Gasteiger partial charge in [0.25, 0.3) is 0 Å². The molecular formula is C15H22O. The summed E-state index contributed by atoms with van der Waals surface area (Å²) in [6.45, 7) is 7.23. The molecule has 0 aromatic heterocycles. The van der Waals surface area contributed by atoms with E-state index in [0.29, 0.717) is 0 Å². The molecule has 0 saturated heterocycles. The summed E-state index contributed by atoms with van der Waals surface area (Å²) >= 11 is 0. The normalized spacial score (nSPS) is 11.6. The molecule has 0 radical (unpaired) electrons. The zero-order valence-electron chi connectivity index (χ0n) is 10.6. The van der Waals surface area contributed by atoms with Gasteiger partial charge in [-0.3, -0.25) is 0 Å². The lowest BCUT2D eigenvalue weighted by Gasteiger charge is -2.07. The van der Waals surface area contributed by atoms with Crippen molar-refractivity contribution in [2.24, 2.45) is 0 Å². The molecule has 0 aliphatic heterocycles. The lowest BCUT2D eigenvalue weighted by molar-refractivity contribution is 0.321. The summed E-state index contributed by atoms with van der Waals surface area (Å²) in [4.78, 5) is 0. The zero-order valence-corrected chi connectivity index (χ0v) is 10.6. The van der Waals surface area contributed by atoms with Crippen molar-refractivity contribution in [2.45, 2.75) is 40.0 Å². The molecule has 16 heavy (non-hydrogen) atoms. The first-order chi connectivity index (χ1) is 7.72. The fourth-order valence-corrected chi connectivity index (χ4v) is 1.53. The number of benzene rings is 1. The molecule has 0 aliphatic carbocycles. The number of unbranched alkanes of at least 4 members (excludes halogenated alkanes) is 1. The highest BCUT2D eigenvalue weighted by molar-refractivity contribution is 5.27. The summed E-state index contributed by atoms with van der Waals surface area (Å²) in [5.74, 6) is 0.975. The highest BCUT2D eigenvalue weighted by Gasteiger charge is 1.94. The predicted octanol–water partition coefficient (Wildman–Crippen LogP) is 4.51. The fraction of sp³-hybridized carbons (Fsp3) is 0.467. The summed E-state index contributed by atoms with van der Waals surface area (Å²) < 4.78 is 5.70. The van der Waals surface area contributed by atoms with Gasteiger partial charge in [0.1, 0.15) is 5.75 Å². The minimum Gasteiger partial charge on any atom is -0.493 e. The van der Waals surface area contributed by atoms with E-state index in [2.05, 4.69) is 39.0 Å². The van der Waals surface area contributed by atoms with E-state index < -0.39 is 0 Å². The van der Waals surface area contributed by atoms with Crippen molar-refractivity contribution in [1.82, 2.24) is 0 Å². The maximum Gasteiger partial charge on any atom is 0.119 e. The van der Waals surface area contributed by atoms with Crippen molar-refractivity contribution in [1.29, 1.82) is 0 Å². The second kappa shape index (κ2) is 7.10. The molecule has 88 valence electrons. The molecule has 0 amide bonds. The zero-order chi connectivity index (χ0) is 11.8. The summed E-state index contributed by atoms with van der Waals surface area (Å²) in [6, 6.07) is 8.20. The van der Waals surface area contributed by atoms with Crippen LogP contribution in [-0.4, -0.2) is 6.61 Å². The van der Waals surface area contributed by atoms with Gasteiger partial charge in [-0.15, -0.1) is 0 Å². The van der Waals surface area contributed by atoms with Crippen molar-refractivity contribution in [3.63, 3.8) is 0 Å². The number of hydrogen-bond donors (Lipinski definition) is 0. The van der Waals surface area contributed by atoms with Crippen molar-refractivity contribution < 1.29 is 4.74 Å². The molecule has 1 nitrogen and oxygen atoms in total. The van der Waals surface area contributed by atoms with Crippen LogP contribution >= 0.6 is 0 Å². The van der Waals surface area contributed by atoms with Gasteiger partial charge in [-0.2, -0.15) is 0 Å². The van der Waals surface area contributed by atoms with Crippen LogP contribution in [0.5, 0.6) is 5.75 Å². The maximum absolute atomic E-state index is 5.70. The Hall–Kier alpha value is -1.24. The van der Waals surface area contributed by atoms with E-state index in [9.17, 15) is 0 Å². The first-order valence-electron chi connectivity index (χ1n) is 6.07. The van der Waals surface area contributed by atoms with E-state index in [0.717, 1.165) is 18.8 Å². The number of rotatable bonds is 6. The Morgan fingerprint density at radius 3 is 2.88 bits per heavy atom. The number of ether oxygens (including phenoxy) is 1. The molecule has 0 heterocycles. The summed E-state index contributed by atoms with van der Waals surface area (Å²) in [5, 5.41) is 0. The summed E-state index contributed by atoms with van der Waals surface area (Å²) in [7, 11) is 0. The van der Waals surface area contributed by atoms with Gasteiger partial charge in [0.2, 0.25) is 0 Å². The standard InChI is InChI=1S/C15H22O/c1-4-5-7-13(2)10-11-16-15-9-6-8-14(3)12-15/h6-9,12H,4-5,10-11H2,1-3H3. The van der Waals surface area contributed by atoms with Crippen molar-refractivity contribution in [3.05, 3.63) is 41.5 Å². The number of hydrogen-bond acceptors (Lipinski definition) is 1. The monoisotopic (exact) mass is 218 g/mol. The highest BCUT2D eigenvalue weighted by Crippen LogP contribution is 2.13. The van der Waals surface area contributed by atoms with Gasteiger partial charge in [0, 0.05) is 6.42 Å². The van der Waals surface area contributed by atoms with Gasteiger partial charge in [-0.05, 0) is 38.0 Å². The third-order valence-corrected chi connectivity index (χ3v) is 2.54. The average molecular weight is 218 g/mol. The summed E-state index contributed by atoms with van der Waals surface area (Å²) in [5.41, 5.74) is 2.67. The van der Waals surface area contributed by atoms with E-state index in [1.54, 1.807) is 0 Å². The average Bonchev–Trinajstić information content (AvgIpc) is 2.26. The quantitative estimate of drug-likeness (QED) is 0.638. The molecule has 0 aliphatic rings. The van der Waals surface area contributed by atoms with Crippen LogP contribution in [0.4, 0.5) is 0 Å². The molecule has 0 N–H and O–H groups in total. The van der Waals surface area contributed by atoms with Gasteiger partial charge in [-0.25, -0.2) is 0 Å². The van der Waals surface area contributed by atoms with Crippen LogP contribution in [-0.2, 0) is 0 Å². The largest absolute Gasteiger partial charge is 0.493 e. The van der Waals surface area contributed by atoms with Crippen LogP contribution in [0.3, 0.4) is 0 Å². The molecule has 0 spiro atoms. The van der Waals surface area contributed by atoms with Gasteiger partial charge in [-0.1, -0.05) is 37.1 Å². The van der Waals surface area contributed by atoms with Crippen LogP contribution in [0.25, 0.3) is 0 Å². The Kier molecular flexibility index (Phi) is 5.69. The number of aryl methyl sites for hydroxylation is 1. The third-order valence-electron chi connectivity index (χ3n) is 2.54. The Bertz CT molecular complexity index is 339. The van der Waals surface area contributed by atoms with Crippen LogP contribution in [0.1, 0.15) is 38.7 Å². The molecule has 0 saturated carbocycles. The van der Waals surface area contributed by atoms with Crippen molar-refractivity contribution in [3.8, 4) is 5.75 Å². The topological polar surface area (TPSA) is 9.23 Å². The Morgan fingerprint density at radius 1 is 1.38 bits per heavy atom. The number of allylic oxidation sites excluding steroid dienone is 1. The maximum atomic E-state index is 5.70. The van der Waals surface area contributed by atoms with Gasteiger partial charge in [0.05, 0.1) is 6.61 Å². The third kappa shape index (κ3) is 5.01. The Balaban J connectivity index is 2.30. The summed E-state index contributed by atoms with van der Waals surface area (Å²) in [6.07, 6.45) is 5.72. The second-order valence-corrected chi connectivity index (χ2v) is 4.25. The van der Waals surface area contributed by atoms with Crippen LogP contribution in [0, 0.1) is 6.92 Å². The lowest BCUT2D eigenvalue weighted by atomic mass is 10.2. The fourth-order valence-electron chi connectivity index (χ4n) is 1.53. The van der Waals surface area contributed by atoms with Crippen molar-refractivity contribution in [2.75, 3.05) is 6.61 Å². The smallest absolute Gasteiger partial charge is 0.119 e. The van der Waals surface area contributed by atoms with Crippen LogP contribution in [0.15, 0.2) is 35.9 Å². The molecule has 1 heteroatoms. The lowest BCUT2D eigenvalue weighted by Crippen LogP contribution is -1.98. The molecule has 0 atom stereocenters. The van der Waals surface area contributed by atoms with E-state index in [1.807, 2.05) is 12.1 Å².